The Hall–Kier alpha value is -2.86. The molecule has 0 aromatic heterocycles. The molecular weight excluding hydrogens is 404 g/mol. The summed E-state index contributed by atoms with van der Waals surface area (Å²) in [7, 11) is 1.62. The van der Waals surface area contributed by atoms with Gasteiger partial charge in [0.05, 0.1) is 26.9 Å². The highest BCUT2D eigenvalue weighted by atomic mass is 16.5. The summed E-state index contributed by atoms with van der Waals surface area (Å²) < 4.78 is 11.0. The third-order valence-corrected chi connectivity index (χ3v) is 5.69. The summed E-state index contributed by atoms with van der Waals surface area (Å²) in [4.78, 5) is 30.8. The van der Waals surface area contributed by atoms with E-state index in [2.05, 4.69) is 0 Å². The minimum Gasteiger partial charge on any atom is -0.496 e. The van der Waals surface area contributed by atoms with Crippen molar-refractivity contribution in [2.75, 3.05) is 33.4 Å². The third kappa shape index (κ3) is 6.33. The SMILES string of the molecule is COc1ccccc1CN(C(=O)CC(C)C)C(Cc1ccccc1)C(=O)N1CCOCC1. The predicted molar refractivity (Wildman–Crippen MR) is 124 cm³/mol. The molecule has 1 fully saturated rings. The first-order chi connectivity index (χ1) is 15.5. The Morgan fingerprint density at radius 3 is 2.34 bits per heavy atom. The van der Waals surface area contributed by atoms with Gasteiger partial charge in [0, 0.05) is 31.5 Å². The number of rotatable bonds is 9. The lowest BCUT2D eigenvalue weighted by Gasteiger charge is -2.37. The van der Waals surface area contributed by atoms with Gasteiger partial charge in [0.2, 0.25) is 11.8 Å². The fourth-order valence-corrected chi connectivity index (χ4v) is 4.02. The topological polar surface area (TPSA) is 59.1 Å². The molecule has 32 heavy (non-hydrogen) atoms. The van der Waals surface area contributed by atoms with Crippen molar-refractivity contribution in [2.24, 2.45) is 5.92 Å². The quantitative estimate of drug-likeness (QED) is 0.601. The molecule has 2 aromatic carbocycles. The van der Waals surface area contributed by atoms with E-state index in [1.165, 1.54) is 0 Å². The van der Waals surface area contributed by atoms with Crippen molar-refractivity contribution in [3.8, 4) is 5.75 Å². The van der Waals surface area contributed by atoms with Crippen molar-refractivity contribution < 1.29 is 19.1 Å². The first-order valence-corrected chi connectivity index (χ1v) is 11.3. The summed E-state index contributed by atoms with van der Waals surface area (Å²) in [6.07, 6.45) is 0.854. The van der Waals surface area contributed by atoms with Crippen LogP contribution >= 0.6 is 0 Å². The molecule has 1 unspecified atom stereocenters. The Balaban J connectivity index is 1.97. The summed E-state index contributed by atoms with van der Waals surface area (Å²) in [6.45, 7) is 6.51. The van der Waals surface area contributed by atoms with Crippen LogP contribution in [0.3, 0.4) is 0 Å². The molecular formula is C26H34N2O4. The Labute approximate surface area is 191 Å². The zero-order valence-corrected chi connectivity index (χ0v) is 19.3. The van der Waals surface area contributed by atoms with Crippen molar-refractivity contribution in [3.63, 3.8) is 0 Å². The molecule has 0 N–H and O–H groups in total. The number of benzene rings is 2. The van der Waals surface area contributed by atoms with Gasteiger partial charge >= 0.3 is 0 Å². The van der Waals surface area contributed by atoms with E-state index in [1.54, 1.807) is 12.0 Å². The molecule has 2 aromatic rings. The maximum absolute atomic E-state index is 13.7. The van der Waals surface area contributed by atoms with Crippen molar-refractivity contribution >= 4 is 11.8 Å². The van der Waals surface area contributed by atoms with Crippen LogP contribution in [-0.4, -0.2) is 61.1 Å². The molecule has 3 rings (SSSR count). The lowest BCUT2D eigenvalue weighted by atomic mass is 10.00. The second-order valence-corrected chi connectivity index (χ2v) is 8.57. The van der Waals surface area contributed by atoms with Crippen LogP contribution in [0.5, 0.6) is 5.75 Å². The number of carbonyl (C=O) groups excluding carboxylic acids is 2. The summed E-state index contributed by atoms with van der Waals surface area (Å²) in [5, 5.41) is 0. The summed E-state index contributed by atoms with van der Waals surface area (Å²) >= 11 is 0. The van der Waals surface area contributed by atoms with E-state index in [1.807, 2.05) is 73.3 Å². The minimum atomic E-state index is -0.591. The van der Waals surface area contributed by atoms with Gasteiger partial charge in [-0.1, -0.05) is 62.4 Å². The van der Waals surface area contributed by atoms with Gasteiger partial charge in [-0.2, -0.15) is 0 Å². The van der Waals surface area contributed by atoms with Crippen molar-refractivity contribution in [1.29, 1.82) is 0 Å². The second-order valence-electron chi connectivity index (χ2n) is 8.57. The fourth-order valence-electron chi connectivity index (χ4n) is 4.02. The van der Waals surface area contributed by atoms with Crippen molar-refractivity contribution in [1.82, 2.24) is 9.80 Å². The van der Waals surface area contributed by atoms with Crippen LogP contribution in [0.15, 0.2) is 54.6 Å². The van der Waals surface area contributed by atoms with E-state index >= 15 is 0 Å². The van der Waals surface area contributed by atoms with Crippen LogP contribution in [0, 0.1) is 5.92 Å². The number of morpholine rings is 1. The molecule has 0 bridgehead atoms. The predicted octanol–water partition coefficient (Wildman–Crippen LogP) is 3.54. The Bertz CT molecular complexity index is 878. The molecule has 6 heteroatoms. The van der Waals surface area contributed by atoms with Gasteiger partial charge in [0.1, 0.15) is 11.8 Å². The number of methoxy groups -OCH3 is 1. The lowest BCUT2D eigenvalue weighted by molar-refractivity contribution is -0.149. The van der Waals surface area contributed by atoms with Crippen LogP contribution in [0.1, 0.15) is 31.4 Å². The summed E-state index contributed by atoms with van der Waals surface area (Å²) in [5.74, 6) is 0.864. The van der Waals surface area contributed by atoms with Crippen LogP contribution < -0.4 is 4.74 Å². The summed E-state index contributed by atoms with van der Waals surface area (Å²) in [6, 6.07) is 17.0. The molecule has 1 heterocycles. The van der Waals surface area contributed by atoms with E-state index in [0.29, 0.717) is 51.4 Å². The maximum Gasteiger partial charge on any atom is 0.245 e. The molecule has 0 aliphatic carbocycles. The van der Waals surface area contributed by atoms with Gasteiger partial charge in [-0.3, -0.25) is 9.59 Å². The highest BCUT2D eigenvalue weighted by Gasteiger charge is 2.34. The maximum atomic E-state index is 13.7. The Morgan fingerprint density at radius 1 is 1.03 bits per heavy atom. The van der Waals surface area contributed by atoms with E-state index in [9.17, 15) is 9.59 Å². The zero-order valence-electron chi connectivity index (χ0n) is 19.3. The number of ether oxygens (including phenoxy) is 2. The summed E-state index contributed by atoms with van der Waals surface area (Å²) in [5.41, 5.74) is 1.92. The lowest BCUT2D eigenvalue weighted by Crippen LogP contribution is -2.54. The van der Waals surface area contributed by atoms with Gasteiger partial charge in [-0.05, 0) is 17.5 Å². The van der Waals surface area contributed by atoms with Crippen LogP contribution in [0.2, 0.25) is 0 Å². The van der Waals surface area contributed by atoms with Gasteiger partial charge in [-0.15, -0.1) is 0 Å². The average Bonchev–Trinajstić information content (AvgIpc) is 2.82. The first kappa shape index (κ1) is 23.8. The first-order valence-electron chi connectivity index (χ1n) is 11.3. The third-order valence-electron chi connectivity index (χ3n) is 5.69. The molecule has 0 saturated carbocycles. The number of nitrogens with zero attached hydrogens (tertiary/aromatic N) is 2. The number of hydrogen-bond acceptors (Lipinski definition) is 4. The Kier molecular flexibility index (Phi) is 8.68. The highest BCUT2D eigenvalue weighted by molar-refractivity contribution is 5.88. The number of carbonyl (C=O) groups is 2. The van der Waals surface area contributed by atoms with Gasteiger partial charge in [0.25, 0.3) is 0 Å². The molecule has 1 saturated heterocycles. The average molecular weight is 439 g/mol. The van der Waals surface area contributed by atoms with Crippen LogP contribution in [0.4, 0.5) is 0 Å². The number of para-hydroxylation sites is 1. The highest BCUT2D eigenvalue weighted by Crippen LogP contribution is 2.24. The molecule has 172 valence electrons. The van der Waals surface area contributed by atoms with Crippen LogP contribution in [0.25, 0.3) is 0 Å². The largest absolute Gasteiger partial charge is 0.496 e. The number of amides is 2. The Morgan fingerprint density at radius 2 is 1.69 bits per heavy atom. The molecule has 2 amide bonds. The van der Waals surface area contributed by atoms with E-state index in [-0.39, 0.29) is 17.7 Å². The molecule has 1 atom stereocenters. The van der Waals surface area contributed by atoms with Crippen LogP contribution in [-0.2, 0) is 27.3 Å². The van der Waals surface area contributed by atoms with Gasteiger partial charge in [0.15, 0.2) is 0 Å². The molecule has 1 aliphatic heterocycles. The van der Waals surface area contributed by atoms with E-state index in [0.717, 1.165) is 11.1 Å². The standard InChI is InChI=1S/C26H34N2O4/c1-20(2)17-25(29)28(19-22-11-7-8-12-24(22)31-3)23(18-21-9-5-4-6-10-21)26(30)27-13-15-32-16-14-27/h4-12,20,23H,13-19H2,1-3H3. The van der Waals surface area contributed by atoms with E-state index < -0.39 is 6.04 Å². The van der Waals surface area contributed by atoms with Crippen molar-refractivity contribution in [3.05, 3.63) is 65.7 Å². The van der Waals surface area contributed by atoms with Gasteiger partial charge < -0.3 is 19.3 Å². The zero-order chi connectivity index (χ0) is 22.9. The normalized spacial score (nSPS) is 14.8. The molecule has 6 nitrogen and oxygen atoms in total. The molecule has 0 spiro atoms. The number of hydrogen-bond donors (Lipinski definition) is 0. The van der Waals surface area contributed by atoms with E-state index in [4.69, 9.17) is 9.47 Å². The monoisotopic (exact) mass is 438 g/mol. The molecule has 1 aliphatic rings. The fraction of sp³-hybridized carbons (Fsp3) is 0.462. The molecule has 0 radical (unpaired) electrons. The van der Waals surface area contributed by atoms with Gasteiger partial charge in [-0.25, -0.2) is 0 Å². The second kappa shape index (κ2) is 11.7. The van der Waals surface area contributed by atoms with Crippen molar-refractivity contribution in [2.45, 2.75) is 39.3 Å². The smallest absolute Gasteiger partial charge is 0.245 e. The minimum absolute atomic E-state index is 0.0200.